The first-order chi connectivity index (χ1) is 13.0. The molecule has 1 aliphatic rings. The van der Waals surface area contributed by atoms with Gasteiger partial charge in [-0.3, -0.25) is 9.59 Å². The molecule has 0 saturated carbocycles. The van der Waals surface area contributed by atoms with Crippen molar-refractivity contribution in [3.05, 3.63) is 24.3 Å². The minimum atomic E-state index is -0.0376. The lowest BCUT2D eigenvalue weighted by Crippen LogP contribution is -2.34. The predicted molar refractivity (Wildman–Crippen MR) is 115 cm³/mol. The number of nitrogens with zero attached hydrogens (tertiary/aromatic N) is 1. The number of hydrogen-bond donors (Lipinski definition) is 2. The number of carbonyl (C=O) groups excluding carboxylic acids is 2. The van der Waals surface area contributed by atoms with Crippen molar-refractivity contribution in [2.24, 2.45) is 11.8 Å². The Morgan fingerprint density at radius 1 is 1.32 bits per heavy atom. The van der Waals surface area contributed by atoms with Gasteiger partial charge in [0.15, 0.2) is 6.61 Å². The van der Waals surface area contributed by atoms with Crippen LogP contribution in [0.25, 0.3) is 0 Å². The van der Waals surface area contributed by atoms with Crippen LogP contribution < -0.4 is 15.4 Å². The molecule has 7 heteroatoms. The van der Waals surface area contributed by atoms with E-state index in [4.69, 9.17) is 4.74 Å². The first-order valence-corrected chi connectivity index (χ1v) is 10.0. The van der Waals surface area contributed by atoms with Gasteiger partial charge in [-0.25, -0.2) is 0 Å². The van der Waals surface area contributed by atoms with Gasteiger partial charge in [-0.1, -0.05) is 13.0 Å². The van der Waals surface area contributed by atoms with Crippen molar-refractivity contribution in [2.45, 2.75) is 40.0 Å². The SMILES string of the molecule is CCN(CC)C(=O)COc1cccc(NC(=O)CC(C)C2CCCNC2)c1.Cl. The zero-order valence-corrected chi connectivity index (χ0v) is 18.0. The molecule has 1 aliphatic heterocycles. The molecule has 2 rings (SSSR count). The van der Waals surface area contributed by atoms with E-state index in [-0.39, 0.29) is 30.8 Å². The topological polar surface area (TPSA) is 70.7 Å². The Hall–Kier alpha value is -1.79. The Labute approximate surface area is 174 Å². The fourth-order valence-corrected chi connectivity index (χ4v) is 3.51. The van der Waals surface area contributed by atoms with Crippen LogP contribution in [-0.2, 0) is 9.59 Å². The second kappa shape index (κ2) is 12.6. The van der Waals surface area contributed by atoms with E-state index in [9.17, 15) is 9.59 Å². The molecule has 1 saturated heterocycles. The molecule has 0 radical (unpaired) electrons. The van der Waals surface area contributed by atoms with E-state index >= 15 is 0 Å². The lowest BCUT2D eigenvalue weighted by Gasteiger charge is -2.28. The summed E-state index contributed by atoms with van der Waals surface area (Å²) in [6.07, 6.45) is 2.88. The lowest BCUT2D eigenvalue weighted by atomic mass is 9.85. The molecular weight excluding hydrogens is 378 g/mol. The van der Waals surface area contributed by atoms with Crippen molar-refractivity contribution in [1.29, 1.82) is 0 Å². The van der Waals surface area contributed by atoms with Gasteiger partial charge in [-0.15, -0.1) is 12.4 Å². The Kier molecular flexibility index (Phi) is 10.9. The van der Waals surface area contributed by atoms with Crippen molar-refractivity contribution in [3.63, 3.8) is 0 Å². The summed E-state index contributed by atoms with van der Waals surface area (Å²) >= 11 is 0. The number of carbonyl (C=O) groups is 2. The highest BCUT2D eigenvalue weighted by atomic mass is 35.5. The first-order valence-electron chi connectivity index (χ1n) is 10.0. The molecular formula is C21H34ClN3O3. The van der Waals surface area contributed by atoms with E-state index < -0.39 is 0 Å². The predicted octanol–water partition coefficient (Wildman–Crippen LogP) is 3.32. The van der Waals surface area contributed by atoms with Gasteiger partial charge in [-0.2, -0.15) is 0 Å². The molecule has 2 atom stereocenters. The number of rotatable bonds is 9. The summed E-state index contributed by atoms with van der Waals surface area (Å²) in [5, 5.41) is 6.36. The smallest absolute Gasteiger partial charge is 0.260 e. The summed E-state index contributed by atoms with van der Waals surface area (Å²) < 4.78 is 5.60. The van der Waals surface area contributed by atoms with Crippen LogP contribution in [0.2, 0.25) is 0 Å². The Balaban J connectivity index is 0.00000392. The number of likely N-dealkylation sites (N-methyl/N-ethyl adjacent to an activating group) is 1. The summed E-state index contributed by atoms with van der Waals surface area (Å²) in [5.74, 6) is 1.47. The molecule has 158 valence electrons. The number of benzene rings is 1. The van der Waals surface area contributed by atoms with E-state index in [0.717, 1.165) is 13.1 Å². The molecule has 6 nitrogen and oxygen atoms in total. The summed E-state index contributed by atoms with van der Waals surface area (Å²) in [6.45, 7) is 9.47. The monoisotopic (exact) mass is 411 g/mol. The van der Waals surface area contributed by atoms with E-state index in [1.165, 1.54) is 12.8 Å². The number of hydrogen-bond acceptors (Lipinski definition) is 4. The number of ether oxygens (including phenoxy) is 1. The summed E-state index contributed by atoms with van der Waals surface area (Å²) in [5.41, 5.74) is 0.696. The fourth-order valence-electron chi connectivity index (χ4n) is 3.51. The molecule has 0 spiro atoms. The van der Waals surface area contributed by atoms with Crippen LogP contribution in [0.4, 0.5) is 5.69 Å². The highest BCUT2D eigenvalue weighted by Gasteiger charge is 2.22. The van der Waals surface area contributed by atoms with Crippen LogP contribution in [0.5, 0.6) is 5.75 Å². The molecule has 1 aromatic rings. The number of piperidine rings is 1. The molecule has 0 bridgehead atoms. The van der Waals surface area contributed by atoms with Crippen LogP contribution >= 0.6 is 12.4 Å². The van der Waals surface area contributed by atoms with Gasteiger partial charge in [-0.05, 0) is 63.7 Å². The van der Waals surface area contributed by atoms with Crippen molar-refractivity contribution in [1.82, 2.24) is 10.2 Å². The second-order valence-corrected chi connectivity index (χ2v) is 7.22. The van der Waals surface area contributed by atoms with Crippen molar-refractivity contribution >= 4 is 29.9 Å². The van der Waals surface area contributed by atoms with Gasteiger partial charge in [0.05, 0.1) is 0 Å². The quantitative estimate of drug-likeness (QED) is 0.653. The van der Waals surface area contributed by atoms with Gasteiger partial charge < -0.3 is 20.3 Å². The third-order valence-corrected chi connectivity index (χ3v) is 5.24. The Bertz CT molecular complexity index is 617. The van der Waals surface area contributed by atoms with Crippen molar-refractivity contribution in [2.75, 3.05) is 38.1 Å². The summed E-state index contributed by atoms with van der Waals surface area (Å²) in [6, 6.07) is 7.22. The Morgan fingerprint density at radius 2 is 2.07 bits per heavy atom. The van der Waals surface area contributed by atoms with Gasteiger partial charge >= 0.3 is 0 Å². The second-order valence-electron chi connectivity index (χ2n) is 7.22. The van der Waals surface area contributed by atoms with Gasteiger partial charge in [0.1, 0.15) is 5.75 Å². The zero-order chi connectivity index (χ0) is 19.6. The fraction of sp³-hybridized carbons (Fsp3) is 0.619. The van der Waals surface area contributed by atoms with Crippen LogP contribution in [0.1, 0.15) is 40.0 Å². The Morgan fingerprint density at radius 3 is 2.71 bits per heavy atom. The third kappa shape index (κ3) is 7.68. The molecule has 1 heterocycles. The maximum absolute atomic E-state index is 12.4. The largest absolute Gasteiger partial charge is 0.484 e. The number of nitrogens with one attached hydrogen (secondary N) is 2. The molecule has 0 aromatic heterocycles. The zero-order valence-electron chi connectivity index (χ0n) is 17.2. The van der Waals surface area contributed by atoms with Gasteiger partial charge in [0.25, 0.3) is 5.91 Å². The number of halogens is 1. The van der Waals surface area contributed by atoms with Crippen LogP contribution in [0.3, 0.4) is 0 Å². The standard InChI is InChI=1S/C21H33N3O3.ClH/c1-4-24(5-2)21(26)15-27-19-10-6-9-18(13-19)23-20(25)12-16(3)17-8-7-11-22-14-17;/h6,9-10,13,16-17,22H,4-5,7-8,11-12,14-15H2,1-3H3,(H,23,25);1H. The molecule has 2 unspecified atom stereocenters. The maximum Gasteiger partial charge on any atom is 0.260 e. The highest BCUT2D eigenvalue weighted by Crippen LogP contribution is 2.23. The molecule has 1 fully saturated rings. The van der Waals surface area contributed by atoms with Gasteiger partial charge in [0, 0.05) is 31.3 Å². The average molecular weight is 412 g/mol. The normalized spacial score (nSPS) is 17.2. The molecule has 2 amide bonds. The molecule has 2 N–H and O–H groups in total. The number of amides is 2. The van der Waals surface area contributed by atoms with Crippen LogP contribution in [0.15, 0.2) is 24.3 Å². The van der Waals surface area contributed by atoms with E-state index in [0.29, 0.717) is 42.8 Å². The molecule has 0 aliphatic carbocycles. The molecule has 28 heavy (non-hydrogen) atoms. The highest BCUT2D eigenvalue weighted by molar-refractivity contribution is 5.91. The number of anilines is 1. The summed E-state index contributed by atoms with van der Waals surface area (Å²) in [4.78, 5) is 26.1. The van der Waals surface area contributed by atoms with Crippen LogP contribution in [-0.4, -0.2) is 49.5 Å². The van der Waals surface area contributed by atoms with E-state index in [2.05, 4.69) is 17.6 Å². The van der Waals surface area contributed by atoms with Crippen molar-refractivity contribution < 1.29 is 14.3 Å². The lowest BCUT2D eigenvalue weighted by molar-refractivity contribution is -0.133. The first kappa shape index (κ1) is 24.2. The summed E-state index contributed by atoms with van der Waals surface area (Å²) in [7, 11) is 0. The van der Waals surface area contributed by atoms with E-state index in [1.807, 2.05) is 26.0 Å². The third-order valence-electron chi connectivity index (χ3n) is 5.24. The molecule has 1 aromatic carbocycles. The average Bonchev–Trinajstić information content (AvgIpc) is 2.68. The van der Waals surface area contributed by atoms with Gasteiger partial charge in [0.2, 0.25) is 5.91 Å². The van der Waals surface area contributed by atoms with E-state index in [1.54, 1.807) is 17.0 Å². The maximum atomic E-state index is 12.4. The van der Waals surface area contributed by atoms with Crippen molar-refractivity contribution in [3.8, 4) is 5.75 Å². The minimum Gasteiger partial charge on any atom is -0.484 e. The minimum absolute atomic E-state index is 0. The van der Waals surface area contributed by atoms with Crippen LogP contribution in [0, 0.1) is 11.8 Å².